The fourth-order valence-corrected chi connectivity index (χ4v) is 5.28. The Morgan fingerprint density at radius 1 is 1.07 bits per heavy atom. The molecule has 4 nitrogen and oxygen atoms in total. The molecule has 1 saturated heterocycles. The molecule has 30 heavy (non-hydrogen) atoms. The van der Waals surface area contributed by atoms with Crippen molar-refractivity contribution >= 4 is 5.84 Å². The van der Waals surface area contributed by atoms with Gasteiger partial charge in [0.15, 0.2) is 0 Å². The summed E-state index contributed by atoms with van der Waals surface area (Å²) in [6, 6.07) is 10.4. The Balaban J connectivity index is 1.14. The van der Waals surface area contributed by atoms with Crippen molar-refractivity contribution < 1.29 is 8.78 Å². The van der Waals surface area contributed by atoms with E-state index in [1.54, 1.807) is 0 Å². The summed E-state index contributed by atoms with van der Waals surface area (Å²) in [5.74, 6) is -1.49. The Hall–Kier alpha value is -1.53. The molecule has 4 aliphatic rings. The highest BCUT2D eigenvalue weighted by atomic mass is 19.3. The third kappa shape index (κ3) is 4.86. The van der Waals surface area contributed by atoms with Crippen LogP contribution in [0, 0.1) is 0 Å². The lowest BCUT2D eigenvalue weighted by Crippen LogP contribution is -2.44. The van der Waals surface area contributed by atoms with E-state index >= 15 is 0 Å². The number of halogens is 2. The molecule has 4 fully saturated rings. The minimum absolute atomic E-state index is 0.0786. The maximum atomic E-state index is 13.4. The molecule has 2 unspecified atom stereocenters. The molecule has 0 spiro atoms. The van der Waals surface area contributed by atoms with Gasteiger partial charge in [-0.2, -0.15) is 0 Å². The van der Waals surface area contributed by atoms with Gasteiger partial charge < -0.3 is 16.0 Å². The molecule has 6 heteroatoms. The lowest BCUT2D eigenvalue weighted by Gasteiger charge is -2.32. The van der Waals surface area contributed by atoms with Gasteiger partial charge in [-0.3, -0.25) is 4.99 Å². The lowest BCUT2D eigenvalue weighted by atomic mass is 9.92. The SMILES string of the molecule is NC(=NC1CCC(F)(F)CC1)c1cccc(C2CC2NC2CCN(C3CC3)CC2)c1. The van der Waals surface area contributed by atoms with E-state index in [1.165, 1.54) is 50.8 Å². The summed E-state index contributed by atoms with van der Waals surface area (Å²) < 4.78 is 26.7. The summed E-state index contributed by atoms with van der Waals surface area (Å²) in [5.41, 5.74) is 8.49. The van der Waals surface area contributed by atoms with Crippen molar-refractivity contribution in [1.82, 2.24) is 10.2 Å². The first kappa shape index (κ1) is 20.4. The molecule has 3 aliphatic carbocycles. The van der Waals surface area contributed by atoms with Gasteiger partial charge in [0.05, 0.1) is 6.04 Å². The van der Waals surface area contributed by atoms with Crippen LogP contribution in [0.25, 0.3) is 0 Å². The highest BCUT2D eigenvalue weighted by molar-refractivity contribution is 5.97. The second-order valence-corrected chi connectivity index (χ2v) is 9.88. The van der Waals surface area contributed by atoms with E-state index in [0.29, 0.717) is 36.7 Å². The molecule has 1 aliphatic heterocycles. The number of likely N-dealkylation sites (tertiary alicyclic amines) is 1. The summed E-state index contributed by atoms with van der Waals surface area (Å²) >= 11 is 0. The van der Waals surface area contributed by atoms with Crippen molar-refractivity contribution in [3.05, 3.63) is 35.4 Å². The summed E-state index contributed by atoms with van der Waals surface area (Å²) in [5, 5.41) is 3.88. The minimum atomic E-state index is -2.52. The Labute approximate surface area is 178 Å². The Morgan fingerprint density at radius 2 is 1.80 bits per heavy atom. The predicted molar refractivity (Wildman–Crippen MR) is 116 cm³/mol. The number of hydrogen-bond donors (Lipinski definition) is 2. The topological polar surface area (TPSA) is 53.6 Å². The van der Waals surface area contributed by atoms with Gasteiger partial charge in [0.2, 0.25) is 5.92 Å². The zero-order valence-electron chi connectivity index (χ0n) is 17.7. The third-order valence-electron chi connectivity index (χ3n) is 7.45. The lowest BCUT2D eigenvalue weighted by molar-refractivity contribution is -0.0373. The van der Waals surface area contributed by atoms with Crippen LogP contribution in [0.15, 0.2) is 29.3 Å². The van der Waals surface area contributed by atoms with Gasteiger partial charge in [0.1, 0.15) is 5.84 Å². The first-order valence-electron chi connectivity index (χ1n) is 11.8. The first-order valence-corrected chi connectivity index (χ1v) is 11.8. The summed E-state index contributed by atoms with van der Waals surface area (Å²) in [6.45, 7) is 2.49. The molecule has 0 radical (unpaired) electrons. The van der Waals surface area contributed by atoms with Crippen LogP contribution in [0.3, 0.4) is 0 Å². The number of nitrogens with one attached hydrogen (secondary N) is 1. The van der Waals surface area contributed by atoms with Gasteiger partial charge >= 0.3 is 0 Å². The highest BCUT2D eigenvalue weighted by Crippen LogP contribution is 2.42. The Morgan fingerprint density at radius 3 is 2.50 bits per heavy atom. The first-order chi connectivity index (χ1) is 14.5. The molecule has 1 heterocycles. The third-order valence-corrected chi connectivity index (χ3v) is 7.45. The van der Waals surface area contributed by atoms with E-state index in [2.05, 4.69) is 27.3 Å². The minimum Gasteiger partial charge on any atom is -0.383 e. The highest BCUT2D eigenvalue weighted by Gasteiger charge is 2.41. The van der Waals surface area contributed by atoms with Gasteiger partial charge in [-0.05, 0) is 69.7 Å². The van der Waals surface area contributed by atoms with Crippen LogP contribution in [0.1, 0.15) is 74.8 Å². The van der Waals surface area contributed by atoms with Gasteiger partial charge in [-0.15, -0.1) is 0 Å². The Kier molecular flexibility index (Phi) is 5.56. The van der Waals surface area contributed by atoms with Gasteiger partial charge in [0, 0.05) is 42.4 Å². The standard InChI is InChI=1S/C24H34F2N4/c25-24(26)10-6-18(7-11-24)29-23(27)17-3-1-2-16(14-17)21-15-22(21)28-19-8-12-30(13-9-19)20-4-5-20/h1-3,14,18-22,28H,4-13,15H2,(H2,27,29). The average Bonchev–Trinajstić information content (AvgIpc) is 3.65. The van der Waals surface area contributed by atoms with Crippen LogP contribution < -0.4 is 11.1 Å². The molecule has 0 amide bonds. The number of amidine groups is 1. The zero-order valence-corrected chi connectivity index (χ0v) is 17.7. The molecule has 0 aromatic heterocycles. The van der Waals surface area contributed by atoms with Gasteiger partial charge in [-0.25, -0.2) is 8.78 Å². The van der Waals surface area contributed by atoms with E-state index < -0.39 is 5.92 Å². The van der Waals surface area contributed by atoms with Crippen LogP contribution in [0.4, 0.5) is 8.78 Å². The van der Waals surface area contributed by atoms with Crippen LogP contribution in [0.5, 0.6) is 0 Å². The normalized spacial score (nSPS) is 31.1. The van der Waals surface area contributed by atoms with E-state index in [-0.39, 0.29) is 18.9 Å². The van der Waals surface area contributed by atoms with Crippen LogP contribution in [-0.4, -0.2) is 53.9 Å². The molecule has 0 bridgehead atoms. The molecule has 2 atom stereocenters. The van der Waals surface area contributed by atoms with Crippen molar-refractivity contribution in [3.63, 3.8) is 0 Å². The number of piperidine rings is 1. The second kappa shape index (κ2) is 8.19. The average molecular weight is 417 g/mol. The summed E-state index contributed by atoms with van der Waals surface area (Å²) in [4.78, 5) is 7.24. The molecule has 3 saturated carbocycles. The van der Waals surface area contributed by atoms with E-state index in [0.717, 1.165) is 11.6 Å². The summed E-state index contributed by atoms with van der Waals surface area (Å²) in [6.07, 6.45) is 7.19. The van der Waals surface area contributed by atoms with Crippen molar-refractivity contribution in [3.8, 4) is 0 Å². The fraction of sp³-hybridized carbons (Fsp3) is 0.708. The molecule has 1 aromatic rings. The number of alkyl halides is 2. The van der Waals surface area contributed by atoms with Crippen LogP contribution in [0.2, 0.25) is 0 Å². The van der Waals surface area contributed by atoms with Crippen molar-refractivity contribution in [2.75, 3.05) is 13.1 Å². The second-order valence-electron chi connectivity index (χ2n) is 9.88. The zero-order chi connectivity index (χ0) is 20.7. The number of nitrogens with two attached hydrogens (primary N) is 1. The predicted octanol–water partition coefficient (Wildman–Crippen LogP) is 4.04. The molecule has 1 aromatic carbocycles. The van der Waals surface area contributed by atoms with Gasteiger partial charge in [-0.1, -0.05) is 18.2 Å². The van der Waals surface area contributed by atoms with Crippen LogP contribution >= 0.6 is 0 Å². The molecule has 5 rings (SSSR count). The maximum Gasteiger partial charge on any atom is 0.248 e. The van der Waals surface area contributed by atoms with Crippen LogP contribution in [-0.2, 0) is 0 Å². The van der Waals surface area contributed by atoms with E-state index in [1.807, 2.05) is 12.1 Å². The molecular formula is C24H34F2N4. The number of aliphatic imine (C=N–C) groups is 1. The van der Waals surface area contributed by atoms with Crippen molar-refractivity contribution in [2.24, 2.45) is 10.7 Å². The number of benzene rings is 1. The van der Waals surface area contributed by atoms with Crippen molar-refractivity contribution in [2.45, 2.75) is 93.8 Å². The quantitative estimate of drug-likeness (QED) is 0.544. The Bertz CT molecular complexity index is 773. The fourth-order valence-electron chi connectivity index (χ4n) is 5.28. The molecular weight excluding hydrogens is 382 g/mol. The van der Waals surface area contributed by atoms with Gasteiger partial charge in [0.25, 0.3) is 0 Å². The molecule has 164 valence electrons. The van der Waals surface area contributed by atoms with E-state index in [4.69, 9.17) is 5.73 Å². The monoisotopic (exact) mass is 416 g/mol. The van der Waals surface area contributed by atoms with E-state index in [9.17, 15) is 8.78 Å². The smallest absolute Gasteiger partial charge is 0.248 e. The summed E-state index contributed by atoms with van der Waals surface area (Å²) in [7, 11) is 0. The van der Waals surface area contributed by atoms with Crippen molar-refractivity contribution in [1.29, 1.82) is 0 Å². The molecule has 3 N–H and O–H groups in total. The maximum absolute atomic E-state index is 13.4. The number of rotatable bonds is 6. The number of hydrogen-bond acceptors (Lipinski definition) is 3. The largest absolute Gasteiger partial charge is 0.383 e. The number of nitrogens with zero attached hydrogens (tertiary/aromatic N) is 2.